The van der Waals surface area contributed by atoms with Crippen LogP contribution in [0.25, 0.3) is 87.7 Å². The Hall–Kier alpha value is -11.2. The Morgan fingerprint density at radius 1 is 0.224 bits per heavy atom. The van der Waals surface area contributed by atoms with Crippen LogP contribution in [0.5, 0.6) is 0 Å². The molecule has 0 atom stereocenters. The molecule has 2 aromatic heterocycles. The number of benzene rings is 14. The van der Waals surface area contributed by atoms with E-state index in [1.165, 1.54) is 98.5 Å². The SMILES string of the molecule is c1ccc(-n2c3ccccc3c3cc(N(c4ccc(C5(c6ccc(N(c7ccc8ccccc8c7)c7ccc8c(c7)c7ccccc7n8-c7ccccc7)cc6)c6ccccc6-c6ccccc65)cc4)c4ccc5ccccc5c4)ccc32)cc1. The van der Waals surface area contributed by atoms with Gasteiger partial charge >= 0.3 is 0 Å². The predicted octanol–water partition coefficient (Wildman–Crippen LogP) is 21.5. The summed E-state index contributed by atoms with van der Waals surface area (Å²) in [6, 6.07) is 121. The summed E-state index contributed by atoms with van der Waals surface area (Å²) in [7, 11) is 0. The summed E-state index contributed by atoms with van der Waals surface area (Å²) >= 11 is 0. The number of nitrogens with zero attached hydrogens (tertiary/aromatic N) is 4. The Kier molecular flexibility index (Phi) is 11.1. The zero-order valence-corrected chi connectivity index (χ0v) is 46.5. The summed E-state index contributed by atoms with van der Waals surface area (Å²) in [5.41, 5.74) is 20.3. The summed E-state index contributed by atoms with van der Waals surface area (Å²) in [6.45, 7) is 0. The largest absolute Gasteiger partial charge is 0.310 e. The molecule has 14 aromatic carbocycles. The molecule has 0 amide bonds. The summed E-state index contributed by atoms with van der Waals surface area (Å²) in [5.74, 6) is 0. The van der Waals surface area contributed by atoms with E-state index in [0.29, 0.717) is 0 Å². The molecule has 0 radical (unpaired) electrons. The minimum absolute atomic E-state index is 0.637. The number of fused-ring (bicyclic) bond motifs is 11. The third kappa shape index (κ3) is 7.62. The van der Waals surface area contributed by atoms with Crippen molar-refractivity contribution in [1.29, 1.82) is 0 Å². The molecule has 85 heavy (non-hydrogen) atoms. The summed E-state index contributed by atoms with van der Waals surface area (Å²) in [6.07, 6.45) is 0. The molecule has 1 aliphatic rings. The van der Waals surface area contributed by atoms with Crippen LogP contribution in [0.2, 0.25) is 0 Å². The van der Waals surface area contributed by atoms with Crippen LogP contribution in [0.15, 0.2) is 328 Å². The molecule has 1 aliphatic carbocycles. The molecule has 4 nitrogen and oxygen atoms in total. The van der Waals surface area contributed by atoms with Crippen LogP contribution in [0.3, 0.4) is 0 Å². The smallest absolute Gasteiger partial charge is 0.0713 e. The Morgan fingerprint density at radius 3 is 1.00 bits per heavy atom. The fourth-order valence-electron chi connectivity index (χ4n) is 14.2. The fourth-order valence-corrected chi connectivity index (χ4v) is 14.2. The van der Waals surface area contributed by atoms with Gasteiger partial charge < -0.3 is 18.9 Å². The summed E-state index contributed by atoms with van der Waals surface area (Å²) in [4.78, 5) is 4.86. The van der Waals surface area contributed by atoms with Gasteiger partial charge in [-0.2, -0.15) is 0 Å². The molecule has 4 heteroatoms. The first kappa shape index (κ1) is 48.5. The van der Waals surface area contributed by atoms with Crippen molar-refractivity contribution in [2.24, 2.45) is 0 Å². The van der Waals surface area contributed by atoms with Crippen molar-refractivity contribution in [2.75, 3.05) is 9.80 Å². The van der Waals surface area contributed by atoms with Crippen molar-refractivity contribution in [2.45, 2.75) is 5.41 Å². The molecular weight excluding hydrogens is 1030 g/mol. The first-order valence-electron chi connectivity index (χ1n) is 29.3. The maximum atomic E-state index is 2.43. The van der Waals surface area contributed by atoms with Gasteiger partial charge in [0, 0.05) is 67.0 Å². The van der Waals surface area contributed by atoms with Crippen molar-refractivity contribution in [3.05, 3.63) is 350 Å². The Morgan fingerprint density at radius 2 is 0.553 bits per heavy atom. The molecule has 0 saturated carbocycles. The molecule has 0 spiro atoms. The maximum Gasteiger partial charge on any atom is 0.0713 e. The third-order valence-electron chi connectivity index (χ3n) is 17.9. The van der Waals surface area contributed by atoms with E-state index in [2.05, 4.69) is 347 Å². The second-order valence-electron chi connectivity index (χ2n) is 22.4. The molecule has 0 N–H and O–H groups in total. The highest BCUT2D eigenvalue weighted by Crippen LogP contribution is 2.57. The zero-order chi connectivity index (χ0) is 56.0. The molecule has 0 saturated heterocycles. The number of para-hydroxylation sites is 4. The lowest BCUT2D eigenvalue weighted by Crippen LogP contribution is -2.28. The van der Waals surface area contributed by atoms with Crippen LogP contribution < -0.4 is 9.80 Å². The van der Waals surface area contributed by atoms with Crippen molar-refractivity contribution in [3.63, 3.8) is 0 Å². The molecular formula is C81H54N4. The third-order valence-corrected chi connectivity index (χ3v) is 17.9. The standard InChI is InChI=1S/C81H54N4/c1-3-23-61(24-4-1)84-77-33-17-13-29-71(77)73-53-67(47-49-79(73)84)82(65-41-35-55-19-7-9-21-57(55)51-65)63-43-37-59(38-44-63)81(75-31-15-11-27-69(75)70-28-12-16-32-76(70)81)60-39-45-64(46-40-60)83(66-42-36-56-20-8-10-22-58(56)52-66)68-48-50-80-74(54-68)72-30-14-18-34-78(72)85(80)62-25-5-2-6-26-62/h1-54H. The van der Waals surface area contributed by atoms with E-state index in [9.17, 15) is 0 Å². The molecule has 0 unspecified atom stereocenters. The lowest BCUT2D eigenvalue weighted by Gasteiger charge is -2.35. The maximum absolute atomic E-state index is 2.43. The number of rotatable bonds is 10. The normalized spacial score (nSPS) is 12.6. The lowest BCUT2D eigenvalue weighted by atomic mass is 9.67. The van der Waals surface area contributed by atoms with Gasteiger partial charge in [0.05, 0.1) is 27.5 Å². The topological polar surface area (TPSA) is 16.3 Å². The monoisotopic (exact) mass is 1080 g/mol. The van der Waals surface area contributed by atoms with E-state index in [0.717, 1.165) is 45.5 Å². The predicted molar refractivity (Wildman–Crippen MR) is 357 cm³/mol. The van der Waals surface area contributed by atoms with Crippen molar-refractivity contribution < 1.29 is 0 Å². The fraction of sp³-hybridized carbons (Fsp3) is 0.0123. The van der Waals surface area contributed by atoms with E-state index in [1.54, 1.807) is 0 Å². The van der Waals surface area contributed by atoms with E-state index in [-0.39, 0.29) is 0 Å². The highest BCUT2D eigenvalue weighted by molar-refractivity contribution is 6.12. The number of hydrogen-bond donors (Lipinski definition) is 0. The Labute approximate surface area is 493 Å². The van der Waals surface area contributed by atoms with E-state index in [1.807, 2.05) is 0 Å². The molecule has 2 heterocycles. The molecule has 17 rings (SSSR count). The van der Waals surface area contributed by atoms with Gasteiger partial charge in [0.2, 0.25) is 0 Å². The van der Waals surface area contributed by atoms with Gasteiger partial charge in [-0.15, -0.1) is 0 Å². The molecule has 0 aliphatic heterocycles. The van der Waals surface area contributed by atoms with Crippen LogP contribution in [0, 0.1) is 0 Å². The van der Waals surface area contributed by atoms with Crippen LogP contribution >= 0.6 is 0 Å². The van der Waals surface area contributed by atoms with Gasteiger partial charge in [0.1, 0.15) is 0 Å². The summed E-state index contributed by atoms with van der Waals surface area (Å²) in [5, 5.41) is 9.66. The highest BCUT2D eigenvalue weighted by atomic mass is 15.1. The quantitative estimate of drug-likeness (QED) is 0.136. The van der Waals surface area contributed by atoms with Gasteiger partial charge in [-0.05, 0) is 176 Å². The van der Waals surface area contributed by atoms with Crippen molar-refractivity contribution >= 4 is 99.3 Å². The van der Waals surface area contributed by atoms with Crippen LogP contribution in [-0.4, -0.2) is 9.13 Å². The number of aromatic nitrogens is 2. The van der Waals surface area contributed by atoms with Crippen LogP contribution in [-0.2, 0) is 5.41 Å². The van der Waals surface area contributed by atoms with E-state index < -0.39 is 5.41 Å². The van der Waals surface area contributed by atoms with E-state index >= 15 is 0 Å². The average Bonchev–Trinajstić information content (AvgIpc) is 1.84. The molecule has 398 valence electrons. The Bertz CT molecular complexity index is 4920. The van der Waals surface area contributed by atoms with Crippen LogP contribution in [0.4, 0.5) is 34.1 Å². The minimum atomic E-state index is -0.637. The van der Waals surface area contributed by atoms with Gasteiger partial charge in [0.15, 0.2) is 0 Å². The second-order valence-corrected chi connectivity index (χ2v) is 22.4. The highest BCUT2D eigenvalue weighted by Gasteiger charge is 2.46. The van der Waals surface area contributed by atoms with Crippen molar-refractivity contribution in [1.82, 2.24) is 9.13 Å². The zero-order valence-electron chi connectivity index (χ0n) is 46.5. The van der Waals surface area contributed by atoms with Crippen LogP contribution in [0.1, 0.15) is 22.3 Å². The summed E-state index contributed by atoms with van der Waals surface area (Å²) < 4.78 is 4.78. The van der Waals surface area contributed by atoms with Gasteiger partial charge in [-0.25, -0.2) is 0 Å². The average molecular weight is 1080 g/mol. The van der Waals surface area contributed by atoms with E-state index in [4.69, 9.17) is 0 Å². The number of hydrogen-bond acceptors (Lipinski definition) is 2. The van der Waals surface area contributed by atoms with Crippen molar-refractivity contribution in [3.8, 4) is 22.5 Å². The number of anilines is 6. The second kappa shape index (κ2) is 19.5. The lowest BCUT2D eigenvalue weighted by molar-refractivity contribution is 0.768. The van der Waals surface area contributed by atoms with Gasteiger partial charge in [0.25, 0.3) is 0 Å². The molecule has 16 aromatic rings. The minimum Gasteiger partial charge on any atom is -0.310 e. The molecule has 0 fully saturated rings. The first-order valence-corrected chi connectivity index (χ1v) is 29.3. The Balaban J connectivity index is 0.832. The van der Waals surface area contributed by atoms with Gasteiger partial charge in [-0.3, -0.25) is 0 Å². The molecule has 0 bridgehead atoms. The first-order chi connectivity index (χ1) is 42.2. The van der Waals surface area contributed by atoms with Gasteiger partial charge in [-0.1, -0.05) is 206 Å².